The lowest BCUT2D eigenvalue weighted by Crippen LogP contribution is -2.57. The van der Waals surface area contributed by atoms with Crippen LogP contribution in [-0.4, -0.2) is 22.3 Å². The van der Waals surface area contributed by atoms with E-state index in [0.29, 0.717) is 24.0 Å². The molecule has 0 amide bonds. The smallest absolute Gasteiger partial charge is 0.392 e. The van der Waals surface area contributed by atoms with Gasteiger partial charge in [-0.3, -0.25) is 0 Å². The van der Waals surface area contributed by atoms with E-state index in [-0.39, 0.29) is 18.3 Å². The van der Waals surface area contributed by atoms with E-state index in [1.807, 2.05) is 42.3 Å². The number of aliphatic hydroxyl groups excluding tert-OH is 1. The van der Waals surface area contributed by atoms with Gasteiger partial charge in [-0.05, 0) is 83.9 Å². The third-order valence-corrected chi connectivity index (χ3v) is 8.44. The minimum absolute atomic E-state index is 0.167. The maximum absolute atomic E-state index is 14.0. The van der Waals surface area contributed by atoms with Crippen LogP contribution in [-0.2, 0) is 19.0 Å². The highest BCUT2D eigenvalue weighted by Crippen LogP contribution is 2.49. The molecule has 3 aromatic rings. The van der Waals surface area contributed by atoms with Crippen LogP contribution < -0.4 is 5.84 Å². The lowest BCUT2D eigenvalue weighted by atomic mass is 9.72. The van der Waals surface area contributed by atoms with Gasteiger partial charge in [0, 0.05) is 18.0 Å². The van der Waals surface area contributed by atoms with Gasteiger partial charge in [0.1, 0.15) is 5.82 Å². The summed E-state index contributed by atoms with van der Waals surface area (Å²) in [5.74, 6) is 6.86. The molecule has 0 spiro atoms. The standard InChI is InChI=1S/C33H34F4N2O/c1-32(20-23-7-3-2-4-8-23)29(21-40)30(24-13-17-27(34)18-14-24)28(31(39(32)38)25-9-5-6-10-25)19-22-11-15-26(16-12-22)33(35,36)37/h2-4,7-8,11-18,25,40H,5-6,9-10,19-21,38H2,1H3. The van der Waals surface area contributed by atoms with Crippen LogP contribution in [0.25, 0.3) is 5.57 Å². The van der Waals surface area contributed by atoms with Crippen LogP contribution in [0.15, 0.2) is 95.7 Å². The van der Waals surface area contributed by atoms with Crippen LogP contribution in [0.3, 0.4) is 0 Å². The topological polar surface area (TPSA) is 49.5 Å². The zero-order valence-electron chi connectivity index (χ0n) is 22.5. The largest absolute Gasteiger partial charge is 0.416 e. The quantitative estimate of drug-likeness (QED) is 0.237. The highest BCUT2D eigenvalue weighted by atomic mass is 19.4. The molecule has 1 unspecified atom stereocenters. The van der Waals surface area contributed by atoms with E-state index in [4.69, 9.17) is 5.84 Å². The van der Waals surface area contributed by atoms with E-state index in [0.717, 1.165) is 65.8 Å². The number of benzene rings is 3. The van der Waals surface area contributed by atoms with Crippen molar-refractivity contribution in [1.29, 1.82) is 0 Å². The monoisotopic (exact) mass is 550 g/mol. The molecule has 2 aliphatic rings. The fourth-order valence-corrected chi connectivity index (χ4v) is 6.37. The van der Waals surface area contributed by atoms with Gasteiger partial charge in [-0.25, -0.2) is 10.2 Å². The summed E-state index contributed by atoms with van der Waals surface area (Å²) in [4.78, 5) is 0. The zero-order chi connectivity index (χ0) is 28.5. The van der Waals surface area contributed by atoms with Crippen molar-refractivity contribution in [2.45, 2.75) is 57.2 Å². The summed E-state index contributed by atoms with van der Waals surface area (Å²) in [7, 11) is 0. The average Bonchev–Trinajstić information content (AvgIpc) is 3.46. The predicted molar refractivity (Wildman–Crippen MR) is 149 cm³/mol. The lowest BCUT2D eigenvalue weighted by Gasteiger charge is -2.49. The number of aliphatic hydroxyl groups is 1. The van der Waals surface area contributed by atoms with Gasteiger partial charge in [-0.15, -0.1) is 0 Å². The summed E-state index contributed by atoms with van der Waals surface area (Å²) >= 11 is 0. The van der Waals surface area contributed by atoms with Crippen molar-refractivity contribution >= 4 is 5.57 Å². The van der Waals surface area contributed by atoms with Crippen molar-refractivity contribution in [2.75, 3.05) is 6.61 Å². The van der Waals surface area contributed by atoms with Crippen LogP contribution in [0, 0.1) is 11.7 Å². The Kier molecular flexibility index (Phi) is 7.89. The SMILES string of the molecule is CC1(Cc2ccccc2)C(CO)=C(c2ccc(F)cc2)C(Cc2ccc(C(F)(F)F)cc2)=C(C2CCCC2)N1N. The second kappa shape index (κ2) is 11.2. The molecule has 3 nitrogen and oxygen atoms in total. The van der Waals surface area contributed by atoms with E-state index < -0.39 is 17.3 Å². The van der Waals surface area contributed by atoms with Gasteiger partial charge in [-0.1, -0.05) is 67.4 Å². The molecule has 1 fully saturated rings. The molecule has 3 aromatic carbocycles. The van der Waals surface area contributed by atoms with E-state index in [9.17, 15) is 22.7 Å². The molecule has 1 aliphatic heterocycles. The Balaban J connectivity index is 1.72. The number of hydrazine groups is 1. The van der Waals surface area contributed by atoms with Crippen molar-refractivity contribution < 1.29 is 22.7 Å². The van der Waals surface area contributed by atoms with Crippen molar-refractivity contribution in [3.63, 3.8) is 0 Å². The van der Waals surface area contributed by atoms with Crippen LogP contribution >= 0.6 is 0 Å². The van der Waals surface area contributed by atoms with E-state index in [1.165, 1.54) is 24.3 Å². The number of allylic oxidation sites excluding steroid dienone is 3. The van der Waals surface area contributed by atoms with Gasteiger partial charge in [-0.2, -0.15) is 13.2 Å². The molecule has 3 N–H and O–H groups in total. The molecular formula is C33H34F4N2O. The number of hydrogen-bond acceptors (Lipinski definition) is 3. The Morgan fingerprint density at radius 3 is 2.10 bits per heavy atom. The van der Waals surface area contributed by atoms with Crippen LogP contribution in [0.4, 0.5) is 17.6 Å². The van der Waals surface area contributed by atoms with Gasteiger partial charge in [0.2, 0.25) is 0 Å². The first kappa shape index (κ1) is 28.1. The molecule has 0 aromatic heterocycles. The summed E-state index contributed by atoms with van der Waals surface area (Å²) in [5, 5.41) is 12.7. The number of hydrogen-bond donors (Lipinski definition) is 2. The molecule has 5 rings (SSSR count). The fraction of sp³-hybridized carbons (Fsp3) is 0.333. The van der Waals surface area contributed by atoms with E-state index >= 15 is 0 Å². The Hall–Kier alpha value is -3.42. The molecular weight excluding hydrogens is 516 g/mol. The van der Waals surface area contributed by atoms with Gasteiger partial charge in [0.15, 0.2) is 0 Å². The Bertz CT molecular complexity index is 1390. The minimum Gasteiger partial charge on any atom is -0.392 e. The molecule has 7 heteroatoms. The highest BCUT2D eigenvalue weighted by molar-refractivity contribution is 5.85. The first-order chi connectivity index (χ1) is 19.1. The second-order valence-corrected chi connectivity index (χ2v) is 11.0. The molecule has 0 bridgehead atoms. The Labute approximate surface area is 232 Å². The minimum atomic E-state index is -4.42. The number of nitrogens with two attached hydrogens (primary N) is 1. The number of nitrogens with zero attached hydrogens (tertiary/aromatic N) is 1. The first-order valence-corrected chi connectivity index (χ1v) is 13.7. The lowest BCUT2D eigenvalue weighted by molar-refractivity contribution is -0.137. The van der Waals surface area contributed by atoms with Crippen LogP contribution in [0.1, 0.15) is 54.9 Å². The number of rotatable bonds is 7. The van der Waals surface area contributed by atoms with Gasteiger partial charge in [0.25, 0.3) is 0 Å². The van der Waals surface area contributed by atoms with Crippen molar-refractivity contribution in [3.05, 3.63) is 124 Å². The zero-order valence-corrected chi connectivity index (χ0v) is 22.5. The van der Waals surface area contributed by atoms with E-state index in [2.05, 4.69) is 0 Å². The Morgan fingerprint density at radius 2 is 1.52 bits per heavy atom. The Morgan fingerprint density at radius 1 is 0.900 bits per heavy atom. The van der Waals surface area contributed by atoms with Crippen molar-refractivity contribution in [1.82, 2.24) is 5.01 Å². The van der Waals surface area contributed by atoms with Gasteiger partial charge in [0.05, 0.1) is 17.7 Å². The maximum atomic E-state index is 14.0. The number of alkyl halides is 3. The summed E-state index contributed by atoms with van der Waals surface area (Å²) in [6.45, 7) is 1.75. The first-order valence-electron chi connectivity index (χ1n) is 13.7. The average molecular weight is 551 g/mol. The molecule has 210 valence electrons. The summed E-state index contributed by atoms with van der Waals surface area (Å²) in [6, 6.07) is 21.3. The van der Waals surface area contributed by atoms with Gasteiger partial charge >= 0.3 is 6.18 Å². The second-order valence-electron chi connectivity index (χ2n) is 11.0. The normalized spacial score (nSPS) is 20.5. The molecule has 1 aliphatic carbocycles. The fourth-order valence-electron chi connectivity index (χ4n) is 6.37. The van der Waals surface area contributed by atoms with Crippen molar-refractivity contribution in [3.8, 4) is 0 Å². The van der Waals surface area contributed by atoms with Crippen LogP contribution in [0.2, 0.25) is 0 Å². The van der Waals surface area contributed by atoms with Crippen LogP contribution in [0.5, 0.6) is 0 Å². The maximum Gasteiger partial charge on any atom is 0.416 e. The van der Waals surface area contributed by atoms with Gasteiger partial charge < -0.3 is 10.1 Å². The molecule has 40 heavy (non-hydrogen) atoms. The third-order valence-electron chi connectivity index (χ3n) is 8.44. The number of halogens is 4. The summed E-state index contributed by atoms with van der Waals surface area (Å²) in [6.07, 6.45) is 0.470. The molecule has 1 saturated carbocycles. The summed E-state index contributed by atoms with van der Waals surface area (Å²) in [5.41, 5.74) is 4.33. The third kappa shape index (κ3) is 5.45. The predicted octanol–water partition coefficient (Wildman–Crippen LogP) is 7.47. The molecule has 0 saturated heterocycles. The molecule has 1 heterocycles. The highest BCUT2D eigenvalue weighted by Gasteiger charge is 2.45. The summed E-state index contributed by atoms with van der Waals surface area (Å²) < 4.78 is 53.9. The molecule has 0 radical (unpaired) electrons. The van der Waals surface area contributed by atoms with Crippen molar-refractivity contribution in [2.24, 2.45) is 11.8 Å². The molecule has 1 atom stereocenters. The van der Waals surface area contributed by atoms with E-state index in [1.54, 1.807) is 12.1 Å².